The lowest BCUT2D eigenvalue weighted by Crippen LogP contribution is -2.29. The minimum absolute atomic E-state index is 0.790. The van der Waals surface area contributed by atoms with Crippen LogP contribution in [0.2, 0.25) is 0 Å². The van der Waals surface area contributed by atoms with Gasteiger partial charge in [-0.25, -0.2) is 0 Å². The molecule has 1 N–H and O–H groups in total. The van der Waals surface area contributed by atoms with Gasteiger partial charge in [0.1, 0.15) is 0 Å². The van der Waals surface area contributed by atoms with Crippen LogP contribution in [0.4, 0.5) is 0 Å². The summed E-state index contributed by atoms with van der Waals surface area (Å²) in [5.41, 5.74) is 0. The van der Waals surface area contributed by atoms with Crippen molar-refractivity contribution in [2.45, 2.75) is 31.7 Å². The van der Waals surface area contributed by atoms with E-state index in [2.05, 4.69) is 12.4 Å². The maximum atomic E-state index is 5.02. The van der Waals surface area contributed by atoms with Gasteiger partial charge in [-0.05, 0) is 38.0 Å². The zero-order valence-corrected chi connectivity index (χ0v) is 10.2. The lowest BCUT2D eigenvalue weighted by Gasteiger charge is -2.18. The summed E-state index contributed by atoms with van der Waals surface area (Å²) < 4.78 is 5.02. The van der Waals surface area contributed by atoms with Crippen LogP contribution in [-0.2, 0) is 4.74 Å². The molecule has 84 valence electrons. The second kappa shape index (κ2) is 7.55. The van der Waals surface area contributed by atoms with Crippen molar-refractivity contribution in [2.75, 3.05) is 32.3 Å². The Morgan fingerprint density at radius 2 is 2.21 bits per heavy atom. The zero-order chi connectivity index (χ0) is 10.2. The van der Waals surface area contributed by atoms with E-state index in [9.17, 15) is 0 Å². The number of ether oxygens (including phenoxy) is 1. The van der Waals surface area contributed by atoms with Crippen LogP contribution in [0.5, 0.6) is 0 Å². The Kier molecular flexibility index (Phi) is 6.65. The van der Waals surface area contributed by atoms with E-state index >= 15 is 0 Å². The molecule has 0 aromatic carbocycles. The zero-order valence-electron chi connectivity index (χ0n) is 9.42. The molecule has 0 saturated heterocycles. The lowest BCUT2D eigenvalue weighted by atomic mass is 10.0. The molecular formula is C11H23NOS. The summed E-state index contributed by atoms with van der Waals surface area (Å²) in [6.45, 7) is 0.894. The van der Waals surface area contributed by atoms with Gasteiger partial charge in [0.15, 0.2) is 0 Å². The normalized spacial score (nSPS) is 27.0. The molecule has 2 nitrogen and oxygen atoms in total. The van der Waals surface area contributed by atoms with E-state index in [4.69, 9.17) is 4.74 Å². The first-order valence-corrected chi connectivity index (χ1v) is 6.78. The van der Waals surface area contributed by atoms with E-state index in [1.54, 1.807) is 7.11 Å². The highest BCUT2D eigenvalue weighted by Crippen LogP contribution is 2.29. The van der Waals surface area contributed by atoms with Crippen molar-refractivity contribution in [2.24, 2.45) is 5.92 Å². The molecule has 1 fully saturated rings. The lowest BCUT2D eigenvalue weighted by molar-refractivity contribution is 0.218. The molecule has 0 aliphatic heterocycles. The van der Waals surface area contributed by atoms with E-state index in [1.807, 2.05) is 11.8 Å². The Hall–Kier alpha value is 0.270. The highest BCUT2D eigenvalue weighted by Gasteiger charge is 2.24. The summed E-state index contributed by atoms with van der Waals surface area (Å²) >= 11 is 2.02. The molecule has 0 spiro atoms. The maximum Gasteiger partial charge on any atom is 0.0552 e. The molecule has 0 radical (unpaired) electrons. The second-order valence-corrected chi connectivity index (χ2v) is 5.20. The molecule has 14 heavy (non-hydrogen) atoms. The molecule has 0 amide bonds. The number of thioether (sulfide) groups is 1. The Labute approximate surface area is 92.2 Å². The quantitative estimate of drug-likeness (QED) is 0.660. The summed E-state index contributed by atoms with van der Waals surface area (Å²) in [7, 11) is 3.87. The number of rotatable bonds is 7. The molecule has 0 aromatic rings. The molecule has 0 bridgehead atoms. The summed E-state index contributed by atoms with van der Waals surface area (Å²) in [5, 5.41) is 3.43. The Balaban J connectivity index is 2.00. The second-order valence-electron chi connectivity index (χ2n) is 3.98. The van der Waals surface area contributed by atoms with E-state index < -0.39 is 0 Å². The van der Waals surface area contributed by atoms with Gasteiger partial charge in [0.2, 0.25) is 0 Å². The van der Waals surface area contributed by atoms with Crippen LogP contribution in [0.1, 0.15) is 25.7 Å². The van der Waals surface area contributed by atoms with Crippen LogP contribution in [0, 0.1) is 5.92 Å². The predicted molar refractivity (Wildman–Crippen MR) is 64.0 cm³/mol. The first kappa shape index (κ1) is 12.3. The van der Waals surface area contributed by atoms with Gasteiger partial charge < -0.3 is 10.1 Å². The number of methoxy groups -OCH3 is 1. The summed E-state index contributed by atoms with van der Waals surface area (Å²) in [4.78, 5) is 0. The molecule has 2 unspecified atom stereocenters. The van der Waals surface area contributed by atoms with Crippen LogP contribution in [0.25, 0.3) is 0 Å². The van der Waals surface area contributed by atoms with Crippen molar-refractivity contribution >= 4 is 11.8 Å². The summed E-state index contributed by atoms with van der Waals surface area (Å²) in [6.07, 6.45) is 5.60. The van der Waals surface area contributed by atoms with Gasteiger partial charge in [-0.15, -0.1) is 0 Å². The molecule has 3 heteroatoms. The summed E-state index contributed by atoms with van der Waals surface area (Å²) in [6, 6.07) is 0.790. The molecular weight excluding hydrogens is 194 g/mol. The van der Waals surface area contributed by atoms with Crippen molar-refractivity contribution in [3.63, 3.8) is 0 Å². The standard InChI is InChI=1S/C11H23NOS/c1-12-11-5-3-4-10(11)6-8-14-9-7-13-2/h10-12H,3-9H2,1-2H3. The minimum atomic E-state index is 0.790. The third-order valence-corrected chi connectivity index (χ3v) is 4.07. The van der Waals surface area contributed by atoms with Crippen LogP contribution in [0.3, 0.4) is 0 Å². The predicted octanol–water partition coefficient (Wildman–Crippen LogP) is 2.14. The number of hydrogen-bond acceptors (Lipinski definition) is 3. The van der Waals surface area contributed by atoms with Crippen molar-refractivity contribution in [1.29, 1.82) is 0 Å². The topological polar surface area (TPSA) is 21.3 Å². The number of hydrogen-bond donors (Lipinski definition) is 1. The van der Waals surface area contributed by atoms with E-state index in [-0.39, 0.29) is 0 Å². The average molecular weight is 217 g/mol. The number of nitrogens with one attached hydrogen (secondary N) is 1. The molecule has 0 heterocycles. The molecule has 1 aliphatic rings. The molecule has 2 atom stereocenters. The van der Waals surface area contributed by atoms with Gasteiger partial charge in [0.25, 0.3) is 0 Å². The van der Waals surface area contributed by atoms with Crippen LogP contribution in [0.15, 0.2) is 0 Å². The van der Waals surface area contributed by atoms with Crippen LogP contribution in [-0.4, -0.2) is 38.3 Å². The smallest absolute Gasteiger partial charge is 0.0552 e. The van der Waals surface area contributed by atoms with Crippen molar-refractivity contribution in [1.82, 2.24) is 5.32 Å². The first-order chi connectivity index (χ1) is 6.88. The van der Waals surface area contributed by atoms with Gasteiger partial charge >= 0.3 is 0 Å². The van der Waals surface area contributed by atoms with Crippen LogP contribution >= 0.6 is 11.8 Å². The van der Waals surface area contributed by atoms with Gasteiger partial charge in [-0.3, -0.25) is 0 Å². The largest absolute Gasteiger partial charge is 0.384 e. The van der Waals surface area contributed by atoms with E-state index in [1.165, 1.54) is 31.4 Å². The van der Waals surface area contributed by atoms with Crippen LogP contribution < -0.4 is 5.32 Å². The van der Waals surface area contributed by atoms with E-state index in [0.29, 0.717) is 0 Å². The first-order valence-electron chi connectivity index (χ1n) is 5.62. The molecule has 1 saturated carbocycles. The van der Waals surface area contributed by atoms with Gasteiger partial charge in [0.05, 0.1) is 6.61 Å². The third-order valence-electron chi connectivity index (χ3n) is 3.09. The monoisotopic (exact) mass is 217 g/mol. The van der Waals surface area contributed by atoms with Crippen molar-refractivity contribution < 1.29 is 4.74 Å². The fourth-order valence-corrected chi connectivity index (χ4v) is 3.20. The van der Waals surface area contributed by atoms with Crippen molar-refractivity contribution in [3.8, 4) is 0 Å². The Morgan fingerprint density at radius 1 is 1.36 bits per heavy atom. The average Bonchev–Trinajstić information content (AvgIpc) is 2.65. The Morgan fingerprint density at radius 3 is 2.93 bits per heavy atom. The third kappa shape index (κ3) is 4.20. The minimum Gasteiger partial charge on any atom is -0.384 e. The Bertz CT molecular complexity index is 143. The fraction of sp³-hybridized carbons (Fsp3) is 1.00. The SMILES string of the molecule is CNC1CCCC1CCSCCOC. The maximum absolute atomic E-state index is 5.02. The van der Waals surface area contributed by atoms with Gasteiger partial charge in [-0.1, -0.05) is 6.42 Å². The molecule has 1 aliphatic carbocycles. The summed E-state index contributed by atoms with van der Waals surface area (Å²) in [5.74, 6) is 3.37. The van der Waals surface area contributed by atoms with Gasteiger partial charge in [-0.2, -0.15) is 11.8 Å². The van der Waals surface area contributed by atoms with E-state index in [0.717, 1.165) is 24.3 Å². The molecule has 1 rings (SSSR count). The highest BCUT2D eigenvalue weighted by molar-refractivity contribution is 7.99. The highest BCUT2D eigenvalue weighted by atomic mass is 32.2. The van der Waals surface area contributed by atoms with Crippen molar-refractivity contribution in [3.05, 3.63) is 0 Å². The fourth-order valence-electron chi connectivity index (χ4n) is 2.24. The molecule has 0 aromatic heterocycles. The van der Waals surface area contributed by atoms with Gasteiger partial charge in [0, 0.05) is 18.9 Å².